The fraction of sp³-hybridized carbons (Fsp3) is 0.444. The van der Waals surface area contributed by atoms with Crippen molar-refractivity contribution in [3.8, 4) is 11.5 Å². The standard InChI is InChI=1S/C18H21NO3/c1-21-15-8-11-5-6-12-10-19-7-3-4-14(19)18(20)17(12)13(11)9-16(15)22-2/h5-6,8-9,14,18,20H,3-4,7,10H2,1-2H3/t14-,18-/m0/s1. The number of hydrogen-bond acceptors (Lipinski definition) is 4. The van der Waals surface area contributed by atoms with Gasteiger partial charge in [0.2, 0.25) is 0 Å². The van der Waals surface area contributed by atoms with Crippen LogP contribution in [0.3, 0.4) is 0 Å². The summed E-state index contributed by atoms with van der Waals surface area (Å²) < 4.78 is 10.8. The molecular formula is C18H21NO3. The molecule has 2 aliphatic rings. The summed E-state index contributed by atoms with van der Waals surface area (Å²) in [6.07, 6.45) is 1.82. The summed E-state index contributed by atoms with van der Waals surface area (Å²) in [6.45, 7) is 2.02. The van der Waals surface area contributed by atoms with Crippen LogP contribution in [0.4, 0.5) is 0 Å². The lowest BCUT2D eigenvalue weighted by Gasteiger charge is -2.36. The predicted octanol–water partition coefficient (Wildman–Crippen LogP) is 2.87. The summed E-state index contributed by atoms with van der Waals surface area (Å²) in [5.41, 5.74) is 2.30. The van der Waals surface area contributed by atoms with Crippen molar-refractivity contribution in [3.05, 3.63) is 35.4 Å². The minimum absolute atomic E-state index is 0.256. The van der Waals surface area contributed by atoms with Crippen LogP contribution >= 0.6 is 0 Å². The smallest absolute Gasteiger partial charge is 0.161 e. The number of ether oxygens (including phenoxy) is 2. The highest BCUT2D eigenvalue weighted by Gasteiger charge is 2.37. The van der Waals surface area contributed by atoms with Gasteiger partial charge in [-0.05, 0) is 53.4 Å². The van der Waals surface area contributed by atoms with Crippen LogP contribution in [0.15, 0.2) is 24.3 Å². The third kappa shape index (κ3) is 1.91. The first-order chi connectivity index (χ1) is 10.7. The molecule has 2 heterocycles. The SMILES string of the molecule is COc1cc2ccc3c(c2cc1OC)[C@@H](O)[C@@H]1CCCN1C3. The number of aliphatic hydroxyl groups is 1. The van der Waals surface area contributed by atoms with Gasteiger partial charge in [-0.3, -0.25) is 4.90 Å². The zero-order valence-electron chi connectivity index (χ0n) is 13.0. The Bertz CT molecular complexity index is 728. The number of benzene rings is 2. The molecule has 2 atom stereocenters. The van der Waals surface area contributed by atoms with Gasteiger partial charge in [-0.15, -0.1) is 0 Å². The summed E-state index contributed by atoms with van der Waals surface area (Å²) in [5.74, 6) is 1.44. The lowest BCUT2D eigenvalue weighted by molar-refractivity contribution is 0.0546. The topological polar surface area (TPSA) is 41.9 Å². The molecule has 1 saturated heterocycles. The van der Waals surface area contributed by atoms with Crippen molar-refractivity contribution in [1.29, 1.82) is 0 Å². The molecule has 1 fully saturated rings. The molecule has 4 heteroatoms. The average Bonchev–Trinajstić information content (AvgIpc) is 3.01. The molecule has 0 radical (unpaired) electrons. The second kappa shape index (κ2) is 5.14. The van der Waals surface area contributed by atoms with Gasteiger partial charge in [0.1, 0.15) is 0 Å². The van der Waals surface area contributed by atoms with E-state index in [-0.39, 0.29) is 6.04 Å². The summed E-state index contributed by atoms with van der Waals surface area (Å²) >= 11 is 0. The number of fused-ring (bicyclic) bond motifs is 4. The maximum Gasteiger partial charge on any atom is 0.161 e. The van der Waals surface area contributed by atoms with Gasteiger partial charge in [0.05, 0.1) is 20.3 Å². The summed E-state index contributed by atoms with van der Waals surface area (Å²) in [6, 6.07) is 8.50. The maximum absolute atomic E-state index is 10.9. The molecule has 0 amide bonds. The Morgan fingerprint density at radius 1 is 1.14 bits per heavy atom. The third-order valence-electron chi connectivity index (χ3n) is 5.10. The van der Waals surface area contributed by atoms with Gasteiger partial charge in [-0.2, -0.15) is 0 Å². The molecule has 0 unspecified atom stereocenters. The largest absolute Gasteiger partial charge is 0.493 e. The van der Waals surface area contributed by atoms with Crippen LogP contribution < -0.4 is 9.47 Å². The first kappa shape index (κ1) is 13.9. The second-order valence-corrected chi connectivity index (χ2v) is 6.19. The average molecular weight is 299 g/mol. The van der Waals surface area contributed by atoms with Gasteiger partial charge in [0, 0.05) is 12.6 Å². The van der Waals surface area contributed by atoms with Gasteiger partial charge in [0.15, 0.2) is 11.5 Å². The van der Waals surface area contributed by atoms with E-state index in [1.165, 1.54) is 12.0 Å². The number of rotatable bonds is 2. The molecule has 2 aliphatic heterocycles. The van der Waals surface area contributed by atoms with Crippen molar-refractivity contribution >= 4 is 10.8 Å². The highest BCUT2D eigenvalue weighted by atomic mass is 16.5. The van der Waals surface area contributed by atoms with E-state index in [1.54, 1.807) is 14.2 Å². The van der Waals surface area contributed by atoms with Crippen molar-refractivity contribution in [2.45, 2.75) is 31.5 Å². The zero-order valence-corrected chi connectivity index (χ0v) is 13.0. The van der Waals surface area contributed by atoms with Crippen LogP contribution in [-0.2, 0) is 6.54 Å². The second-order valence-electron chi connectivity index (χ2n) is 6.19. The van der Waals surface area contributed by atoms with E-state index in [4.69, 9.17) is 9.47 Å². The quantitative estimate of drug-likeness (QED) is 0.926. The fourth-order valence-corrected chi connectivity index (χ4v) is 4.02. The zero-order chi connectivity index (χ0) is 15.3. The van der Waals surface area contributed by atoms with Gasteiger partial charge in [-0.1, -0.05) is 12.1 Å². The van der Waals surface area contributed by atoms with Gasteiger partial charge in [0.25, 0.3) is 0 Å². The Balaban J connectivity index is 1.94. The van der Waals surface area contributed by atoms with Gasteiger partial charge in [-0.25, -0.2) is 0 Å². The monoisotopic (exact) mass is 299 g/mol. The van der Waals surface area contributed by atoms with E-state index < -0.39 is 6.10 Å². The summed E-state index contributed by atoms with van der Waals surface area (Å²) in [5, 5.41) is 13.1. The number of hydrogen-bond donors (Lipinski definition) is 1. The van der Waals surface area contributed by atoms with Crippen LogP contribution in [0.5, 0.6) is 11.5 Å². The fourth-order valence-electron chi connectivity index (χ4n) is 4.02. The van der Waals surface area contributed by atoms with Crippen molar-refractivity contribution in [3.63, 3.8) is 0 Å². The lowest BCUT2D eigenvalue weighted by Crippen LogP contribution is -2.38. The Morgan fingerprint density at radius 2 is 1.91 bits per heavy atom. The van der Waals surface area contributed by atoms with Crippen LogP contribution in [0, 0.1) is 0 Å². The van der Waals surface area contributed by atoms with E-state index in [1.807, 2.05) is 12.1 Å². The molecule has 116 valence electrons. The molecule has 0 spiro atoms. The Morgan fingerprint density at radius 3 is 2.68 bits per heavy atom. The van der Waals surface area contributed by atoms with Gasteiger partial charge < -0.3 is 14.6 Å². The van der Waals surface area contributed by atoms with E-state index in [0.29, 0.717) is 5.75 Å². The van der Waals surface area contributed by atoms with Gasteiger partial charge >= 0.3 is 0 Å². The number of nitrogens with zero attached hydrogens (tertiary/aromatic N) is 1. The molecule has 1 N–H and O–H groups in total. The Labute approximate surface area is 130 Å². The summed E-state index contributed by atoms with van der Waals surface area (Å²) in [7, 11) is 3.29. The summed E-state index contributed by atoms with van der Waals surface area (Å²) in [4.78, 5) is 2.40. The Hall–Kier alpha value is -1.78. The van der Waals surface area contributed by atoms with Crippen LogP contribution in [0.2, 0.25) is 0 Å². The van der Waals surface area contributed by atoms with Crippen molar-refractivity contribution < 1.29 is 14.6 Å². The van der Waals surface area contributed by atoms with E-state index in [9.17, 15) is 5.11 Å². The van der Waals surface area contributed by atoms with E-state index in [0.717, 1.165) is 41.6 Å². The molecule has 0 aromatic heterocycles. The molecule has 2 aromatic rings. The Kier molecular flexibility index (Phi) is 3.24. The van der Waals surface area contributed by atoms with Crippen molar-refractivity contribution in [2.24, 2.45) is 0 Å². The first-order valence-electron chi connectivity index (χ1n) is 7.82. The van der Waals surface area contributed by atoms with Crippen LogP contribution in [-0.4, -0.2) is 36.8 Å². The predicted molar refractivity (Wildman–Crippen MR) is 85.4 cm³/mol. The minimum atomic E-state index is -0.423. The molecule has 4 rings (SSSR count). The normalized spacial score (nSPS) is 24.1. The molecule has 4 nitrogen and oxygen atoms in total. The van der Waals surface area contributed by atoms with Crippen LogP contribution in [0.1, 0.15) is 30.1 Å². The maximum atomic E-state index is 10.9. The molecule has 0 bridgehead atoms. The first-order valence-corrected chi connectivity index (χ1v) is 7.82. The van der Waals surface area contributed by atoms with Crippen molar-refractivity contribution in [2.75, 3.05) is 20.8 Å². The minimum Gasteiger partial charge on any atom is -0.493 e. The number of aliphatic hydroxyl groups excluding tert-OH is 1. The van der Waals surface area contributed by atoms with Crippen molar-refractivity contribution in [1.82, 2.24) is 4.90 Å². The van der Waals surface area contributed by atoms with Crippen LogP contribution in [0.25, 0.3) is 10.8 Å². The highest BCUT2D eigenvalue weighted by Crippen LogP contribution is 2.43. The molecular weight excluding hydrogens is 278 g/mol. The highest BCUT2D eigenvalue weighted by molar-refractivity contribution is 5.90. The third-order valence-corrected chi connectivity index (χ3v) is 5.10. The molecule has 0 aliphatic carbocycles. The van der Waals surface area contributed by atoms with E-state index in [2.05, 4.69) is 17.0 Å². The number of methoxy groups -OCH3 is 2. The molecule has 2 aromatic carbocycles. The molecule has 0 saturated carbocycles. The molecule has 22 heavy (non-hydrogen) atoms. The van der Waals surface area contributed by atoms with E-state index >= 15 is 0 Å². The lowest BCUT2D eigenvalue weighted by atomic mass is 9.87.